The second-order valence-electron chi connectivity index (χ2n) is 6.25. The van der Waals surface area contributed by atoms with E-state index in [-0.39, 0.29) is 52.5 Å². The number of nitrogen functional groups attached to an aromatic ring is 1. The Bertz CT molecular complexity index is 907. The van der Waals surface area contributed by atoms with Gasteiger partial charge in [0, 0.05) is 11.8 Å². The first-order valence-corrected chi connectivity index (χ1v) is 9.12. The number of oxime groups is 1. The summed E-state index contributed by atoms with van der Waals surface area (Å²) < 4.78 is 4.89. The van der Waals surface area contributed by atoms with Crippen molar-refractivity contribution >= 4 is 45.9 Å². The van der Waals surface area contributed by atoms with Crippen molar-refractivity contribution in [3.8, 4) is 0 Å². The molecule has 0 aliphatic carbocycles. The van der Waals surface area contributed by atoms with E-state index in [0.29, 0.717) is 5.06 Å². The normalized spacial score (nSPS) is 26.2. The van der Waals surface area contributed by atoms with Crippen LogP contribution in [-0.4, -0.2) is 65.0 Å². The minimum absolute atomic E-state index is 0. The Kier molecular flexibility index (Phi) is 7.41. The number of ether oxygens (including phenoxy) is 1. The van der Waals surface area contributed by atoms with Gasteiger partial charge in [-0.05, 0) is 0 Å². The van der Waals surface area contributed by atoms with E-state index in [0.717, 1.165) is 11.3 Å². The molecule has 0 radical (unpaired) electrons. The summed E-state index contributed by atoms with van der Waals surface area (Å²) in [6.45, 7) is 1.05. The molecule has 3 rings (SSSR count). The van der Waals surface area contributed by atoms with Crippen LogP contribution in [0.3, 0.4) is 0 Å². The standard InChI is InChI=1S/C15H17N5O8S.Na/c1-6-3-15(13(24)25,28-12(6)23)20-11(22)7(4-27-20)17-10(21)9(19-26-2)8-5-29-14(16)18-8;/h5-7H,3-4H2,1-2H3,(H2,16,18)(H,17,21)(H,24,25);/q;+1/p-1/b19-9-;/t6?,7-,15?;/m0./s1. The SMILES string of the molecule is CO/N=C(\C(=O)N[C@H]1CON(C2(C(=O)[O-])CC(C)C(=O)O2)C1=O)c1csc(N)n1.[Na+]. The van der Waals surface area contributed by atoms with Gasteiger partial charge in [-0.2, -0.15) is 5.06 Å². The van der Waals surface area contributed by atoms with Gasteiger partial charge in [0.1, 0.15) is 31.4 Å². The van der Waals surface area contributed by atoms with E-state index in [4.69, 9.17) is 15.3 Å². The molecule has 3 heterocycles. The molecule has 2 saturated heterocycles. The number of nitrogens with zero attached hydrogens (tertiary/aromatic N) is 3. The van der Waals surface area contributed by atoms with Crippen LogP contribution in [0.25, 0.3) is 0 Å². The fourth-order valence-electron chi connectivity index (χ4n) is 2.87. The van der Waals surface area contributed by atoms with Gasteiger partial charge in [-0.3, -0.25) is 19.2 Å². The van der Waals surface area contributed by atoms with Gasteiger partial charge in [0.2, 0.25) is 0 Å². The van der Waals surface area contributed by atoms with Gasteiger partial charge >= 0.3 is 35.5 Å². The molecular weight excluding hydrogens is 433 g/mol. The Balaban J connectivity index is 0.00000320. The van der Waals surface area contributed by atoms with Gasteiger partial charge in [0.05, 0.1) is 5.92 Å². The summed E-state index contributed by atoms with van der Waals surface area (Å²) in [5, 5.41) is 19.7. The number of carbonyl (C=O) groups excluding carboxylic acids is 4. The number of thiazole rings is 1. The van der Waals surface area contributed by atoms with Crippen molar-refractivity contribution in [2.45, 2.75) is 25.1 Å². The zero-order valence-corrected chi connectivity index (χ0v) is 19.1. The fraction of sp³-hybridized carbons (Fsp3) is 0.467. The van der Waals surface area contributed by atoms with Crippen LogP contribution in [0.2, 0.25) is 0 Å². The number of hydrogen-bond donors (Lipinski definition) is 2. The number of esters is 1. The third-order valence-corrected chi connectivity index (χ3v) is 4.91. The van der Waals surface area contributed by atoms with Crippen LogP contribution in [0.4, 0.5) is 5.13 Å². The third-order valence-electron chi connectivity index (χ3n) is 4.24. The molecule has 156 valence electrons. The Morgan fingerprint density at radius 3 is 2.70 bits per heavy atom. The van der Waals surface area contributed by atoms with E-state index in [1.165, 1.54) is 19.4 Å². The molecular formula is C15H16N5NaO8S. The van der Waals surface area contributed by atoms with Crippen molar-refractivity contribution in [1.29, 1.82) is 0 Å². The van der Waals surface area contributed by atoms with Gasteiger partial charge in [-0.15, -0.1) is 11.3 Å². The summed E-state index contributed by atoms with van der Waals surface area (Å²) in [4.78, 5) is 62.3. The summed E-state index contributed by atoms with van der Waals surface area (Å²) >= 11 is 1.07. The Hall–Kier alpha value is -2.26. The molecule has 15 heteroatoms. The van der Waals surface area contributed by atoms with Crippen LogP contribution in [0.5, 0.6) is 0 Å². The number of nitrogens with one attached hydrogen (secondary N) is 1. The molecule has 3 N–H and O–H groups in total. The Morgan fingerprint density at radius 2 is 2.20 bits per heavy atom. The quantitative estimate of drug-likeness (QED) is 0.183. The number of hydrogen-bond acceptors (Lipinski definition) is 12. The molecule has 2 fully saturated rings. The summed E-state index contributed by atoms with van der Waals surface area (Å²) in [6, 6.07) is -1.27. The number of carboxylic acid groups (broad SMARTS) is 1. The first-order chi connectivity index (χ1) is 13.7. The maximum atomic E-state index is 12.7. The third kappa shape index (κ3) is 4.27. The first-order valence-electron chi connectivity index (χ1n) is 8.24. The largest absolute Gasteiger partial charge is 1.00 e. The number of aliphatic carboxylic acids is 1. The number of carboxylic acids is 1. The number of nitrogens with two attached hydrogens (primary N) is 1. The molecule has 2 amide bonds. The van der Waals surface area contributed by atoms with Crippen LogP contribution in [0.15, 0.2) is 10.5 Å². The van der Waals surface area contributed by atoms with Gasteiger partial charge < -0.3 is 30.5 Å². The molecule has 30 heavy (non-hydrogen) atoms. The van der Waals surface area contributed by atoms with E-state index in [1.807, 2.05) is 0 Å². The van der Waals surface area contributed by atoms with Crippen LogP contribution < -0.4 is 45.7 Å². The maximum absolute atomic E-state index is 12.7. The molecule has 1 aromatic rings. The van der Waals surface area contributed by atoms with Crippen molar-refractivity contribution < 1.29 is 68.3 Å². The average molecular weight is 449 g/mol. The smallest absolute Gasteiger partial charge is 0.544 e. The minimum atomic E-state index is -2.40. The van der Waals surface area contributed by atoms with Crippen molar-refractivity contribution in [1.82, 2.24) is 15.4 Å². The van der Waals surface area contributed by atoms with Crippen LogP contribution in [0.1, 0.15) is 19.0 Å². The topological polar surface area (TPSA) is 186 Å². The molecule has 0 saturated carbocycles. The van der Waals surface area contributed by atoms with E-state index >= 15 is 0 Å². The molecule has 0 spiro atoms. The second kappa shape index (κ2) is 9.26. The molecule has 13 nitrogen and oxygen atoms in total. The predicted octanol–water partition coefficient (Wildman–Crippen LogP) is -5.63. The van der Waals surface area contributed by atoms with E-state index in [2.05, 4.69) is 20.3 Å². The molecule has 0 aromatic carbocycles. The van der Waals surface area contributed by atoms with Crippen LogP contribution >= 0.6 is 11.3 Å². The molecule has 1 aromatic heterocycles. The molecule has 2 unspecified atom stereocenters. The zero-order chi connectivity index (χ0) is 21.3. The van der Waals surface area contributed by atoms with E-state index in [9.17, 15) is 24.3 Å². The summed E-state index contributed by atoms with van der Waals surface area (Å²) in [5.74, 6) is -5.17. The Morgan fingerprint density at radius 1 is 1.50 bits per heavy atom. The van der Waals surface area contributed by atoms with Crippen LogP contribution in [0, 0.1) is 5.92 Å². The minimum Gasteiger partial charge on any atom is -0.544 e. The van der Waals surface area contributed by atoms with Crippen LogP contribution in [-0.2, 0) is 33.6 Å². The van der Waals surface area contributed by atoms with Gasteiger partial charge in [0.15, 0.2) is 10.8 Å². The predicted molar refractivity (Wildman–Crippen MR) is 92.4 cm³/mol. The summed E-state index contributed by atoms with van der Waals surface area (Å²) in [6.07, 6.45) is -0.352. The average Bonchev–Trinajstić information content (AvgIpc) is 3.32. The van der Waals surface area contributed by atoms with Gasteiger partial charge in [-0.25, -0.2) is 4.98 Å². The van der Waals surface area contributed by atoms with Crippen molar-refractivity contribution in [2.75, 3.05) is 19.5 Å². The number of rotatable bonds is 6. The van der Waals surface area contributed by atoms with Crippen molar-refractivity contribution in [3.05, 3.63) is 11.1 Å². The fourth-order valence-corrected chi connectivity index (χ4v) is 3.42. The number of hydroxylamine groups is 2. The van der Waals surface area contributed by atoms with Crippen molar-refractivity contribution in [2.24, 2.45) is 11.1 Å². The summed E-state index contributed by atoms with van der Waals surface area (Å²) in [7, 11) is 1.22. The van der Waals surface area contributed by atoms with E-state index < -0.39 is 48.0 Å². The van der Waals surface area contributed by atoms with Gasteiger partial charge in [-0.1, -0.05) is 12.1 Å². The monoisotopic (exact) mass is 449 g/mol. The first kappa shape index (κ1) is 24.0. The number of anilines is 1. The number of amides is 2. The maximum Gasteiger partial charge on any atom is 1.00 e. The van der Waals surface area contributed by atoms with Gasteiger partial charge in [0.25, 0.3) is 17.5 Å². The number of cyclic esters (lactones) is 1. The number of carbonyl (C=O) groups is 4. The molecule has 2 aliphatic rings. The molecule has 3 atom stereocenters. The second-order valence-corrected chi connectivity index (χ2v) is 7.14. The molecule has 0 bridgehead atoms. The Labute approximate surface area is 195 Å². The molecule has 2 aliphatic heterocycles. The number of aromatic nitrogens is 1. The zero-order valence-electron chi connectivity index (χ0n) is 16.2. The van der Waals surface area contributed by atoms with E-state index in [1.54, 1.807) is 0 Å². The summed E-state index contributed by atoms with van der Waals surface area (Å²) in [5.41, 5.74) is 3.02. The van der Waals surface area contributed by atoms with Crippen molar-refractivity contribution in [3.63, 3.8) is 0 Å².